The van der Waals surface area contributed by atoms with Crippen molar-refractivity contribution in [1.82, 2.24) is 0 Å². The summed E-state index contributed by atoms with van der Waals surface area (Å²) in [6.07, 6.45) is 0. The lowest BCUT2D eigenvalue weighted by Crippen LogP contribution is -1.93. The molecule has 0 heteroatoms. The Morgan fingerprint density at radius 1 is 0.286 bits per heavy atom. The predicted molar refractivity (Wildman–Crippen MR) is 181 cm³/mol. The van der Waals surface area contributed by atoms with Gasteiger partial charge in [0.15, 0.2) is 0 Å². The van der Waals surface area contributed by atoms with Crippen molar-refractivity contribution in [2.24, 2.45) is 0 Å². The molecule has 42 heavy (non-hydrogen) atoms. The molecule has 0 heterocycles. The predicted octanol–water partition coefficient (Wildman–Crippen LogP) is 11.8. The summed E-state index contributed by atoms with van der Waals surface area (Å²) in [7, 11) is 0. The quantitative estimate of drug-likeness (QED) is 0.188. The zero-order chi connectivity index (χ0) is 52.2. The van der Waals surface area contributed by atoms with Gasteiger partial charge < -0.3 is 0 Å². The monoisotopic (exact) mass is 560 g/mol. The Morgan fingerprint density at radius 2 is 0.810 bits per heavy atom. The fourth-order valence-corrected chi connectivity index (χ4v) is 4.69. The molecule has 8 aromatic rings. The minimum absolute atomic E-state index is 0.600. The lowest BCUT2D eigenvalue weighted by molar-refractivity contribution is 1.60. The number of benzene rings is 8. The van der Waals surface area contributed by atoms with Crippen LogP contribution in [0.4, 0.5) is 0 Å². The van der Waals surface area contributed by atoms with E-state index in [4.69, 9.17) is 27.4 Å². The SMILES string of the molecule is [2H]c1c([2H])c([2H])c(-c2c([2H])c([2H])c([2H])c([2H])c2-c2c3c([2H])c([2H])c([2H])c([2H])c3c(-c3c([2H])c([2H])c([2H])c([2H])c3[2H])c3c([2H])c(-c4c([2H])c([2H])c5c([2H])c([2H])c([2H])c([2H])c5c4[2H])c([2H])c([2H])c23)c([2H])c1[2H]. The number of hydrogen-bond acceptors (Lipinski definition) is 0. The maximum atomic E-state index is 10.0. The van der Waals surface area contributed by atoms with E-state index in [0.29, 0.717) is 0 Å². The Morgan fingerprint density at radius 3 is 1.57 bits per heavy atom. The highest BCUT2D eigenvalue weighted by atomic mass is 14.2. The van der Waals surface area contributed by atoms with E-state index in [1.165, 1.54) is 0 Å². The minimum atomic E-state index is -1.15. The van der Waals surface area contributed by atoms with Crippen molar-refractivity contribution in [2.75, 3.05) is 0 Å². The second-order valence-electron chi connectivity index (χ2n) is 8.75. The van der Waals surface area contributed by atoms with Crippen LogP contribution in [0.1, 0.15) is 38.4 Å². The maximum absolute atomic E-state index is 10.0. The van der Waals surface area contributed by atoms with Crippen molar-refractivity contribution in [1.29, 1.82) is 0 Å². The Bertz CT molecular complexity index is 3740. The summed E-state index contributed by atoms with van der Waals surface area (Å²) in [6, 6.07) is -28.2. The first-order valence-electron chi connectivity index (χ1n) is 26.2. The third-order valence-electron chi connectivity index (χ3n) is 6.44. The molecule has 0 N–H and O–H groups in total. The van der Waals surface area contributed by atoms with Gasteiger partial charge in [-0.15, -0.1) is 0 Å². The van der Waals surface area contributed by atoms with Gasteiger partial charge in [0.1, 0.15) is 0 Å². The zero-order valence-electron chi connectivity index (χ0n) is 49.0. The second-order valence-corrected chi connectivity index (χ2v) is 8.75. The van der Waals surface area contributed by atoms with Gasteiger partial charge in [-0.05, 0) is 88.9 Å². The van der Waals surface area contributed by atoms with E-state index in [0.717, 1.165) is 0 Å². The van der Waals surface area contributed by atoms with Crippen molar-refractivity contribution in [3.8, 4) is 44.5 Å². The van der Waals surface area contributed by atoms with E-state index in [9.17, 15) is 11.0 Å². The minimum Gasteiger partial charge on any atom is -0.0622 e. The van der Waals surface area contributed by atoms with E-state index in [1.54, 1.807) is 0 Å². The molecule has 8 aromatic carbocycles. The van der Waals surface area contributed by atoms with Crippen LogP contribution in [-0.2, 0) is 0 Å². The highest BCUT2D eigenvalue weighted by Crippen LogP contribution is 2.46. The van der Waals surface area contributed by atoms with Crippen LogP contribution in [0, 0.1) is 0 Å². The molecule has 0 spiro atoms. The van der Waals surface area contributed by atoms with Crippen LogP contribution in [-0.4, -0.2) is 0 Å². The van der Waals surface area contributed by atoms with E-state index in [2.05, 4.69) is 0 Å². The average molecular weight is 561 g/mol. The van der Waals surface area contributed by atoms with Crippen LogP contribution in [0.3, 0.4) is 0 Å². The summed E-state index contributed by atoms with van der Waals surface area (Å²) in [5.74, 6) is 0. The lowest BCUT2D eigenvalue weighted by Gasteiger charge is -2.20. The normalized spacial score (nSPS) is 20.7. The second kappa shape index (κ2) is 10.2. The van der Waals surface area contributed by atoms with Gasteiger partial charge in [-0.3, -0.25) is 0 Å². The zero-order valence-corrected chi connectivity index (χ0v) is 21.0. The first kappa shape index (κ1) is 9.02. The third-order valence-corrected chi connectivity index (χ3v) is 6.44. The van der Waals surface area contributed by atoms with E-state index >= 15 is 0 Å². The summed E-state index contributed by atoms with van der Waals surface area (Å²) >= 11 is 0. The highest BCUT2D eigenvalue weighted by molar-refractivity contribution is 6.23. The summed E-state index contributed by atoms with van der Waals surface area (Å²) < 4.78 is 250. The molecule has 0 saturated heterocycles. The van der Waals surface area contributed by atoms with Crippen molar-refractivity contribution >= 4 is 32.3 Å². The van der Waals surface area contributed by atoms with Gasteiger partial charge in [0.2, 0.25) is 0 Å². The maximum Gasteiger partial charge on any atom is 0.0636 e. The van der Waals surface area contributed by atoms with Crippen molar-refractivity contribution in [2.45, 2.75) is 0 Å². The van der Waals surface area contributed by atoms with Gasteiger partial charge in [-0.25, -0.2) is 0 Å². The Hall–Kier alpha value is -5.46. The molecule has 8 rings (SSSR count). The third kappa shape index (κ3) is 4.08. The smallest absolute Gasteiger partial charge is 0.0622 e. The van der Waals surface area contributed by atoms with Crippen LogP contribution in [0.15, 0.2) is 169 Å². The summed E-state index contributed by atoms with van der Waals surface area (Å²) in [5, 5.41) is -4.65. The largest absolute Gasteiger partial charge is 0.0636 e. The average Bonchev–Trinajstić information content (AvgIpc) is 3.33. The van der Waals surface area contributed by atoms with E-state index in [1.807, 2.05) is 0 Å². The molecule has 0 radical (unpaired) electrons. The molecule has 0 bridgehead atoms. The molecule has 0 amide bonds. The van der Waals surface area contributed by atoms with Gasteiger partial charge in [0.25, 0.3) is 0 Å². The first-order valence-corrected chi connectivity index (χ1v) is 12.2. The molecular formula is C42H28. The Kier molecular flexibility index (Phi) is 2.19. The summed E-state index contributed by atoms with van der Waals surface area (Å²) in [4.78, 5) is 0. The fourth-order valence-electron chi connectivity index (χ4n) is 4.69. The molecule has 0 saturated carbocycles. The molecule has 0 aliphatic carbocycles. The molecule has 0 aliphatic heterocycles. The molecule has 0 unspecified atom stereocenters. The van der Waals surface area contributed by atoms with Crippen molar-refractivity contribution in [3.63, 3.8) is 0 Å². The van der Waals surface area contributed by atoms with Crippen molar-refractivity contribution in [3.05, 3.63) is 169 Å². The van der Waals surface area contributed by atoms with Gasteiger partial charge in [0.05, 0.1) is 38.4 Å². The van der Waals surface area contributed by atoms with Crippen LogP contribution in [0.25, 0.3) is 76.8 Å². The fraction of sp³-hybridized carbons (Fsp3) is 0. The number of fused-ring (bicyclic) bond motifs is 3. The molecule has 0 atom stereocenters. The van der Waals surface area contributed by atoms with Crippen LogP contribution >= 0.6 is 0 Å². The molecule has 196 valence electrons. The Labute approximate surface area is 285 Å². The van der Waals surface area contributed by atoms with E-state index in [-0.39, 0.29) is 0 Å². The highest BCUT2D eigenvalue weighted by Gasteiger charge is 2.19. The van der Waals surface area contributed by atoms with E-state index < -0.39 is 246 Å². The molecular weight excluding hydrogens is 504 g/mol. The lowest BCUT2D eigenvalue weighted by atomic mass is 9.83. The van der Waals surface area contributed by atoms with Gasteiger partial charge >= 0.3 is 0 Å². The number of rotatable bonds is 4. The molecule has 0 aliphatic rings. The van der Waals surface area contributed by atoms with Crippen LogP contribution in [0.5, 0.6) is 0 Å². The molecule has 0 aromatic heterocycles. The number of hydrogen-bond donors (Lipinski definition) is 0. The molecule has 0 fully saturated rings. The topological polar surface area (TPSA) is 0 Å². The Balaban J connectivity index is 1.82. The van der Waals surface area contributed by atoms with Gasteiger partial charge in [0, 0.05) is 0 Å². The summed E-state index contributed by atoms with van der Waals surface area (Å²) in [5.41, 5.74) is -7.00. The summed E-state index contributed by atoms with van der Waals surface area (Å²) in [6.45, 7) is 0. The van der Waals surface area contributed by atoms with Crippen LogP contribution < -0.4 is 0 Å². The van der Waals surface area contributed by atoms with Gasteiger partial charge in [-0.1, -0.05) is 157 Å². The van der Waals surface area contributed by atoms with Gasteiger partial charge in [-0.2, -0.15) is 0 Å². The van der Waals surface area contributed by atoms with Crippen LogP contribution in [0.2, 0.25) is 0 Å². The van der Waals surface area contributed by atoms with Crippen molar-refractivity contribution < 1.29 is 38.4 Å². The molecule has 0 nitrogen and oxygen atoms in total. The first-order chi connectivity index (χ1) is 32.5. The standard InChI is InChI=1S/C42H28/c1-3-14-30(15-4-1)35-19-9-10-20-36(35)42-38-22-12-11-21-37(38)41(31-16-5-2-6-17-31)40-28-34(25-26-39(40)42)33-24-23-29-13-7-8-18-32(29)27-33/h1-28H/i1D,2D,3D,4D,5D,6D,7D,8D,9D,10D,11D,12D,13D,14D,15D,16D,17D,18D,19D,20D,21D,22D,23D,24D,25D,26D,27D,28D.